The van der Waals surface area contributed by atoms with Gasteiger partial charge in [0.15, 0.2) is 0 Å². The minimum absolute atomic E-state index is 0.319. The van der Waals surface area contributed by atoms with Crippen molar-refractivity contribution >= 4 is 6.21 Å². The molecule has 0 aromatic heterocycles. The second kappa shape index (κ2) is 1.28. The molecule has 0 unspecified atom stereocenters. The first-order valence-corrected chi connectivity index (χ1v) is 2.26. The molecule has 1 rings (SSSR count). The number of hydrogen-bond donors (Lipinski definition) is 3. The van der Waals surface area contributed by atoms with E-state index in [0.29, 0.717) is 0 Å². The lowest BCUT2D eigenvalue weighted by molar-refractivity contribution is 0.143. The molecule has 0 radical (unpaired) electrons. The maximum Gasteiger partial charge on any atom is 0.0774 e. The van der Waals surface area contributed by atoms with E-state index < -0.39 is 0 Å². The van der Waals surface area contributed by atoms with Crippen molar-refractivity contribution in [2.24, 2.45) is 0 Å². The van der Waals surface area contributed by atoms with Crippen LogP contribution in [0, 0.1) is 5.41 Å². The van der Waals surface area contributed by atoms with Crippen LogP contribution in [0.3, 0.4) is 0 Å². The summed E-state index contributed by atoms with van der Waals surface area (Å²) in [6.07, 6.45) is 3.03. The van der Waals surface area contributed by atoms with E-state index in [2.05, 4.69) is 5.48 Å². The van der Waals surface area contributed by atoms with Gasteiger partial charge in [0.1, 0.15) is 0 Å². The van der Waals surface area contributed by atoms with E-state index in [1.165, 1.54) is 6.21 Å². The maximum atomic E-state index is 8.26. The average molecular weight is 100 g/mol. The number of rotatable bonds is 2. The van der Waals surface area contributed by atoms with Crippen LogP contribution in [0.25, 0.3) is 0 Å². The largest absolute Gasteiger partial charge is 0.316 e. The lowest BCUT2D eigenvalue weighted by Crippen LogP contribution is -2.28. The van der Waals surface area contributed by atoms with Gasteiger partial charge in [-0.05, 0) is 12.8 Å². The summed E-state index contributed by atoms with van der Waals surface area (Å²) in [4.78, 5) is 0. The highest BCUT2D eigenvalue weighted by molar-refractivity contribution is 5.70. The molecule has 3 N–H and O–H groups in total. The summed E-state index contributed by atoms with van der Waals surface area (Å²) in [5, 5.41) is 15.0. The molecule has 1 fully saturated rings. The van der Waals surface area contributed by atoms with E-state index in [4.69, 9.17) is 10.6 Å². The summed E-state index contributed by atoms with van der Waals surface area (Å²) < 4.78 is 0. The Morgan fingerprint density at radius 2 is 2.29 bits per heavy atom. The molecule has 40 valence electrons. The van der Waals surface area contributed by atoms with Gasteiger partial charge in [-0.25, -0.2) is 0 Å². The second-order valence-corrected chi connectivity index (χ2v) is 1.91. The van der Waals surface area contributed by atoms with Gasteiger partial charge in [0, 0.05) is 6.21 Å². The van der Waals surface area contributed by atoms with Crippen LogP contribution in [-0.4, -0.2) is 17.0 Å². The van der Waals surface area contributed by atoms with Crippen molar-refractivity contribution < 1.29 is 5.21 Å². The zero-order valence-electron chi connectivity index (χ0n) is 3.94. The summed E-state index contributed by atoms with van der Waals surface area (Å²) in [5.41, 5.74) is 1.74. The van der Waals surface area contributed by atoms with Gasteiger partial charge in [-0.1, -0.05) is 0 Å². The summed E-state index contributed by atoms with van der Waals surface area (Å²) in [7, 11) is 0. The summed E-state index contributed by atoms with van der Waals surface area (Å²) >= 11 is 0. The van der Waals surface area contributed by atoms with Crippen LogP contribution in [0.1, 0.15) is 12.8 Å². The Balaban J connectivity index is 2.42. The average Bonchev–Trinajstić information content (AvgIpc) is 2.46. The highest BCUT2D eigenvalue weighted by Gasteiger charge is 2.40. The third kappa shape index (κ3) is 0.642. The zero-order valence-corrected chi connectivity index (χ0v) is 3.94. The smallest absolute Gasteiger partial charge is 0.0774 e. The predicted octanol–water partition coefficient (Wildman–Crippen LogP) is 0.147. The minimum Gasteiger partial charge on any atom is -0.316 e. The number of hydrogen-bond acceptors (Lipinski definition) is 3. The molecule has 1 saturated carbocycles. The van der Waals surface area contributed by atoms with Gasteiger partial charge >= 0.3 is 0 Å². The number of nitrogens with one attached hydrogen (secondary N) is 2. The Bertz CT molecular complexity index is 87.7. The van der Waals surface area contributed by atoms with E-state index in [-0.39, 0.29) is 5.54 Å². The van der Waals surface area contributed by atoms with Crippen LogP contribution < -0.4 is 5.48 Å². The fourth-order valence-electron chi connectivity index (χ4n) is 0.423. The van der Waals surface area contributed by atoms with Crippen LogP contribution in [0.15, 0.2) is 0 Å². The Morgan fingerprint density at radius 1 is 1.71 bits per heavy atom. The normalized spacial score (nSPS) is 24.1. The van der Waals surface area contributed by atoms with Crippen LogP contribution in [0.5, 0.6) is 0 Å². The molecular weight excluding hydrogens is 92.1 g/mol. The molecule has 1 aliphatic carbocycles. The quantitative estimate of drug-likeness (QED) is 0.341. The lowest BCUT2D eigenvalue weighted by Gasteiger charge is -2.00. The zero-order chi connectivity index (χ0) is 5.33. The van der Waals surface area contributed by atoms with Gasteiger partial charge in [-0.2, -0.15) is 5.48 Å². The highest BCUT2D eigenvalue weighted by Crippen LogP contribution is 2.31. The Kier molecular flexibility index (Phi) is 0.867. The standard InChI is InChI=1S/C4H8N2O/c5-3-4(6-7)1-2-4/h3,5-7H,1-2H2. The molecule has 0 atom stereocenters. The molecule has 0 heterocycles. The molecule has 3 nitrogen and oxygen atoms in total. The molecule has 1 aliphatic rings. The van der Waals surface area contributed by atoms with E-state index >= 15 is 0 Å². The molecule has 0 aromatic rings. The third-order valence-corrected chi connectivity index (χ3v) is 1.29. The molecule has 7 heavy (non-hydrogen) atoms. The Labute approximate surface area is 41.8 Å². The third-order valence-electron chi connectivity index (χ3n) is 1.29. The molecule has 0 saturated heterocycles. The molecule has 0 spiro atoms. The van der Waals surface area contributed by atoms with Crippen LogP contribution in [-0.2, 0) is 0 Å². The monoisotopic (exact) mass is 100 g/mol. The van der Waals surface area contributed by atoms with Gasteiger partial charge in [-0.3, -0.25) is 0 Å². The topological polar surface area (TPSA) is 56.1 Å². The molecule has 0 bridgehead atoms. The SMILES string of the molecule is N=CC1(NO)CC1. The van der Waals surface area contributed by atoms with Crippen molar-refractivity contribution in [2.45, 2.75) is 18.4 Å². The van der Waals surface area contributed by atoms with E-state index in [9.17, 15) is 0 Å². The van der Waals surface area contributed by atoms with Crippen molar-refractivity contribution in [3.05, 3.63) is 0 Å². The molecule has 0 amide bonds. The molecule has 0 aliphatic heterocycles. The van der Waals surface area contributed by atoms with Gasteiger partial charge in [0.05, 0.1) is 5.54 Å². The van der Waals surface area contributed by atoms with Gasteiger partial charge in [0.2, 0.25) is 0 Å². The first-order chi connectivity index (χ1) is 3.33. The summed E-state index contributed by atoms with van der Waals surface area (Å²) in [6, 6.07) is 0. The first-order valence-electron chi connectivity index (χ1n) is 2.26. The van der Waals surface area contributed by atoms with Crippen molar-refractivity contribution in [3.8, 4) is 0 Å². The van der Waals surface area contributed by atoms with Crippen molar-refractivity contribution in [2.75, 3.05) is 0 Å². The molecular formula is C4H8N2O. The Hall–Kier alpha value is -0.410. The first kappa shape index (κ1) is 4.74. The Morgan fingerprint density at radius 3 is 2.29 bits per heavy atom. The van der Waals surface area contributed by atoms with E-state index in [0.717, 1.165) is 12.8 Å². The predicted molar refractivity (Wildman–Crippen MR) is 25.7 cm³/mol. The summed E-state index contributed by atoms with van der Waals surface area (Å²) in [5.74, 6) is 0. The van der Waals surface area contributed by atoms with Crippen molar-refractivity contribution in [1.29, 1.82) is 5.41 Å². The summed E-state index contributed by atoms with van der Waals surface area (Å²) in [6.45, 7) is 0. The van der Waals surface area contributed by atoms with Crippen LogP contribution in [0.2, 0.25) is 0 Å². The second-order valence-electron chi connectivity index (χ2n) is 1.91. The van der Waals surface area contributed by atoms with Crippen molar-refractivity contribution in [3.63, 3.8) is 0 Å². The molecule has 3 heteroatoms. The van der Waals surface area contributed by atoms with Crippen LogP contribution in [0.4, 0.5) is 0 Å². The maximum absolute atomic E-state index is 8.26. The van der Waals surface area contributed by atoms with E-state index in [1.807, 2.05) is 0 Å². The van der Waals surface area contributed by atoms with Gasteiger partial charge in [-0.15, -0.1) is 0 Å². The fraction of sp³-hybridized carbons (Fsp3) is 0.750. The number of hydroxylamine groups is 1. The van der Waals surface area contributed by atoms with E-state index in [1.54, 1.807) is 0 Å². The fourth-order valence-corrected chi connectivity index (χ4v) is 0.423. The van der Waals surface area contributed by atoms with Crippen molar-refractivity contribution in [1.82, 2.24) is 5.48 Å². The van der Waals surface area contributed by atoms with Crippen LogP contribution >= 0.6 is 0 Å². The lowest BCUT2D eigenvalue weighted by atomic mass is 10.3. The minimum atomic E-state index is -0.319. The van der Waals surface area contributed by atoms with Gasteiger partial charge < -0.3 is 10.6 Å². The highest BCUT2D eigenvalue weighted by atomic mass is 16.5. The van der Waals surface area contributed by atoms with Gasteiger partial charge in [0.25, 0.3) is 0 Å². The molecule has 0 aromatic carbocycles.